The van der Waals surface area contributed by atoms with Crippen LogP contribution in [0, 0.1) is 11.7 Å². The maximum absolute atomic E-state index is 14.6. The Morgan fingerprint density at radius 2 is 1.97 bits per heavy atom. The number of pyridine rings is 1. The maximum Gasteiger partial charge on any atom is 0.261 e. The van der Waals surface area contributed by atoms with E-state index in [2.05, 4.69) is 10.6 Å². The largest absolute Gasteiger partial charge is 0.391 e. The quantitative estimate of drug-likeness (QED) is 0.527. The number of benzene rings is 1. The molecular weight excluding hydrogens is 457 g/mol. The summed E-state index contributed by atoms with van der Waals surface area (Å²) in [5.41, 5.74) is -0.00156. The van der Waals surface area contributed by atoms with E-state index in [0.29, 0.717) is 14.9 Å². The fraction of sp³-hybridized carbons (Fsp3) is 0.227. The van der Waals surface area contributed by atoms with Crippen LogP contribution in [0.1, 0.15) is 22.5 Å². The standard InChI is InChI=1S/C22H19ClFN3O4S/c23-19-7-6-18(32-19)22(31)26-16-9-12(10-17(16)28)21(30)25-15-5-4-13(11-14(15)24)27-8-2-1-3-20(27)29/h1-8,11-12,16-17,28H,9-10H2,(H,25,30)(H,26,31)/t12-,16-,17+/m0/s1. The lowest BCUT2D eigenvalue weighted by Crippen LogP contribution is -2.39. The maximum atomic E-state index is 14.6. The van der Waals surface area contributed by atoms with Crippen molar-refractivity contribution in [3.8, 4) is 5.69 Å². The van der Waals surface area contributed by atoms with Crippen molar-refractivity contribution in [3.63, 3.8) is 0 Å². The highest BCUT2D eigenvalue weighted by molar-refractivity contribution is 7.18. The number of aromatic nitrogens is 1. The summed E-state index contributed by atoms with van der Waals surface area (Å²) in [7, 11) is 0. The summed E-state index contributed by atoms with van der Waals surface area (Å²) in [6.45, 7) is 0. The van der Waals surface area contributed by atoms with Gasteiger partial charge in [-0.3, -0.25) is 19.0 Å². The minimum Gasteiger partial charge on any atom is -0.391 e. The van der Waals surface area contributed by atoms with Gasteiger partial charge >= 0.3 is 0 Å². The molecule has 2 heterocycles. The molecule has 2 amide bonds. The third kappa shape index (κ3) is 4.74. The van der Waals surface area contributed by atoms with Gasteiger partial charge in [-0.15, -0.1) is 11.3 Å². The molecule has 1 saturated carbocycles. The third-order valence-corrected chi connectivity index (χ3v) is 6.55. The summed E-state index contributed by atoms with van der Waals surface area (Å²) in [5.74, 6) is -2.11. The van der Waals surface area contributed by atoms with Crippen molar-refractivity contribution in [2.75, 3.05) is 5.32 Å². The van der Waals surface area contributed by atoms with Gasteiger partial charge in [-0.05, 0) is 43.2 Å². The minimum atomic E-state index is -0.901. The molecule has 0 saturated heterocycles. The number of amides is 2. The molecule has 4 rings (SSSR count). The highest BCUT2D eigenvalue weighted by atomic mass is 35.5. The van der Waals surface area contributed by atoms with Crippen LogP contribution in [0.25, 0.3) is 5.69 Å². The summed E-state index contributed by atoms with van der Waals surface area (Å²) in [6, 6.07) is 11.3. The van der Waals surface area contributed by atoms with Gasteiger partial charge in [0.2, 0.25) is 5.91 Å². The molecule has 32 heavy (non-hydrogen) atoms. The number of nitrogens with zero attached hydrogens (tertiary/aromatic N) is 1. The first-order valence-corrected chi connectivity index (χ1v) is 11.0. The van der Waals surface area contributed by atoms with Crippen LogP contribution in [0.15, 0.2) is 59.5 Å². The van der Waals surface area contributed by atoms with E-state index in [9.17, 15) is 23.9 Å². The van der Waals surface area contributed by atoms with Crippen LogP contribution in [0.3, 0.4) is 0 Å². The number of carbonyl (C=O) groups excluding carboxylic acids is 2. The minimum absolute atomic E-state index is 0.0297. The zero-order valence-electron chi connectivity index (χ0n) is 16.6. The van der Waals surface area contributed by atoms with Gasteiger partial charge in [-0.25, -0.2) is 4.39 Å². The van der Waals surface area contributed by atoms with E-state index in [4.69, 9.17) is 11.6 Å². The number of hydrogen-bond acceptors (Lipinski definition) is 5. The van der Waals surface area contributed by atoms with E-state index in [1.807, 2.05) is 0 Å². The van der Waals surface area contributed by atoms with Gasteiger partial charge in [-0.2, -0.15) is 0 Å². The van der Waals surface area contributed by atoms with E-state index in [1.54, 1.807) is 24.3 Å². The van der Waals surface area contributed by atoms with Crippen molar-refractivity contribution < 1.29 is 19.1 Å². The predicted octanol–water partition coefficient (Wildman–Crippen LogP) is 3.20. The molecule has 1 fully saturated rings. The molecule has 7 nitrogen and oxygen atoms in total. The number of anilines is 1. The van der Waals surface area contributed by atoms with Crippen molar-refractivity contribution >= 4 is 40.4 Å². The number of rotatable bonds is 5. The first kappa shape index (κ1) is 22.2. The number of hydrogen-bond donors (Lipinski definition) is 3. The molecule has 3 atom stereocenters. The Morgan fingerprint density at radius 3 is 2.66 bits per heavy atom. The van der Waals surface area contributed by atoms with Crippen molar-refractivity contribution in [2.45, 2.75) is 25.0 Å². The van der Waals surface area contributed by atoms with Gasteiger partial charge in [0.1, 0.15) is 5.82 Å². The zero-order chi connectivity index (χ0) is 22.8. The van der Waals surface area contributed by atoms with Crippen LogP contribution in [0.4, 0.5) is 10.1 Å². The van der Waals surface area contributed by atoms with Crippen molar-refractivity contribution in [3.05, 3.63) is 80.1 Å². The van der Waals surface area contributed by atoms with Crippen LogP contribution < -0.4 is 16.2 Å². The second-order valence-corrected chi connectivity index (χ2v) is 9.20. The molecule has 1 aromatic carbocycles. The Bertz CT molecular complexity index is 1230. The van der Waals surface area contributed by atoms with Crippen LogP contribution in [0.2, 0.25) is 4.34 Å². The molecule has 3 N–H and O–H groups in total. The molecule has 1 aliphatic rings. The summed E-state index contributed by atoms with van der Waals surface area (Å²) < 4.78 is 16.3. The highest BCUT2D eigenvalue weighted by Gasteiger charge is 2.38. The Kier molecular flexibility index (Phi) is 6.40. The average molecular weight is 476 g/mol. The fourth-order valence-electron chi connectivity index (χ4n) is 3.69. The molecule has 0 aliphatic heterocycles. The van der Waals surface area contributed by atoms with Crippen molar-refractivity contribution in [1.82, 2.24) is 9.88 Å². The second kappa shape index (κ2) is 9.23. The normalized spacial score (nSPS) is 20.2. The summed E-state index contributed by atoms with van der Waals surface area (Å²) in [4.78, 5) is 37.3. The molecule has 0 unspecified atom stereocenters. The molecule has 3 aromatic rings. The number of halogens is 2. The van der Waals surface area contributed by atoms with Gasteiger partial charge < -0.3 is 15.7 Å². The van der Waals surface area contributed by atoms with E-state index in [0.717, 1.165) is 17.4 Å². The van der Waals surface area contributed by atoms with E-state index >= 15 is 0 Å². The molecule has 10 heteroatoms. The first-order chi connectivity index (χ1) is 15.3. The first-order valence-electron chi connectivity index (χ1n) is 9.84. The Balaban J connectivity index is 1.40. The lowest BCUT2D eigenvalue weighted by molar-refractivity contribution is -0.119. The van der Waals surface area contributed by atoms with Crippen LogP contribution in [-0.4, -0.2) is 33.6 Å². The second-order valence-electron chi connectivity index (χ2n) is 7.48. The zero-order valence-corrected chi connectivity index (χ0v) is 18.2. The van der Waals surface area contributed by atoms with Crippen LogP contribution >= 0.6 is 22.9 Å². The molecule has 0 spiro atoms. The van der Waals surface area contributed by atoms with Crippen molar-refractivity contribution in [1.29, 1.82) is 0 Å². The van der Waals surface area contributed by atoms with E-state index in [-0.39, 0.29) is 30.0 Å². The van der Waals surface area contributed by atoms with Crippen LogP contribution in [0.5, 0.6) is 0 Å². The molecular formula is C22H19ClFN3O4S. The van der Waals surface area contributed by atoms with Gasteiger partial charge in [-0.1, -0.05) is 17.7 Å². The molecule has 1 aliphatic carbocycles. The number of aliphatic hydroxyl groups is 1. The highest BCUT2D eigenvalue weighted by Crippen LogP contribution is 2.29. The smallest absolute Gasteiger partial charge is 0.261 e. The summed E-state index contributed by atoms with van der Waals surface area (Å²) in [6.07, 6.45) is 0.980. The Hall–Kier alpha value is -3.01. The van der Waals surface area contributed by atoms with Gasteiger partial charge in [0.15, 0.2) is 0 Å². The van der Waals surface area contributed by atoms with Crippen molar-refractivity contribution in [2.24, 2.45) is 5.92 Å². The topological polar surface area (TPSA) is 100 Å². The number of carbonyl (C=O) groups is 2. The van der Waals surface area contributed by atoms with Crippen LogP contribution in [-0.2, 0) is 4.79 Å². The molecule has 0 radical (unpaired) electrons. The summed E-state index contributed by atoms with van der Waals surface area (Å²) >= 11 is 6.97. The third-order valence-electron chi connectivity index (χ3n) is 5.32. The number of nitrogens with one attached hydrogen (secondary N) is 2. The Morgan fingerprint density at radius 1 is 1.16 bits per heavy atom. The predicted molar refractivity (Wildman–Crippen MR) is 120 cm³/mol. The Labute approximate surface area is 191 Å². The number of thiophene rings is 1. The molecule has 2 aromatic heterocycles. The SMILES string of the molecule is O=C(N[C@H]1C[C@H](C(=O)Nc2ccc(-n3ccccc3=O)cc2F)C[C@H]1O)c1ccc(Cl)s1. The average Bonchev–Trinajstić information content (AvgIpc) is 3.36. The van der Waals surface area contributed by atoms with Gasteiger partial charge in [0, 0.05) is 24.2 Å². The molecule has 166 valence electrons. The van der Waals surface area contributed by atoms with Gasteiger partial charge in [0.25, 0.3) is 11.5 Å². The van der Waals surface area contributed by atoms with Gasteiger partial charge in [0.05, 0.1) is 32.7 Å². The number of aliphatic hydroxyl groups excluding tert-OH is 1. The molecule has 0 bridgehead atoms. The summed E-state index contributed by atoms with van der Waals surface area (Å²) in [5, 5.41) is 15.6. The van der Waals surface area contributed by atoms with E-state index < -0.39 is 29.8 Å². The fourth-order valence-corrected chi connectivity index (χ4v) is 4.64. The monoisotopic (exact) mass is 475 g/mol. The lowest BCUT2D eigenvalue weighted by atomic mass is 10.1. The lowest BCUT2D eigenvalue weighted by Gasteiger charge is -2.15. The van der Waals surface area contributed by atoms with E-state index in [1.165, 1.54) is 29.0 Å².